The second-order valence-corrected chi connectivity index (χ2v) is 2.49. The molecule has 0 spiro atoms. The topological polar surface area (TPSA) is 0 Å². The molecule has 0 aromatic heterocycles. The van der Waals surface area contributed by atoms with Gasteiger partial charge in [0.2, 0.25) is 0 Å². The van der Waals surface area contributed by atoms with Crippen LogP contribution in [-0.4, -0.2) is 6.16 Å². The zero-order chi connectivity index (χ0) is 5.91. The van der Waals surface area contributed by atoms with Crippen LogP contribution in [0.25, 0.3) is 0 Å². The van der Waals surface area contributed by atoms with Crippen molar-refractivity contribution in [2.24, 2.45) is 0 Å². The third kappa shape index (κ3) is 5.96. The zero-order valence-electron chi connectivity index (χ0n) is 3.57. The molecule has 0 bridgehead atoms. The van der Waals surface area contributed by atoms with Crippen LogP contribution in [0.1, 0.15) is 0 Å². The minimum absolute atomic E-state index is 0.785. The average Bonchev–Trinajstić information content (AvgIpc) is 1.30. The predicted molar refractivity (Wildman–Crippen MR) is 25.3 cm³/mol. The average molecular weight is 129 g/mol. The SMILES string of the molecule is C=CC[P+](F)(F)F. The Morgan fingerprint density at radius 2 is 1.86 bits per heavy atom. The van der Waals surface area contributed by atoms with Crippen molar-refractivity contribution in [1.29, 1.82) is 0 Å². The lowest BCUT2D eigenvalue weighted by Gasteiger charge is -1.82. The van der Waals surface area contributed by atoms with Crippen molar-refractivity contribution in [3.63, 3.8) is 0 Å². The van der Waals surface area contributed by atoms with Crippen molar-refractivity contribution < 1.29 is 12.6 Å². The van der Waals surface area contributed by atoms with Gasteiger partial charge < -0.3 is 0 Å². The van der Waals surface area contributed by atoms with Crippen LogP contribution in [0.2, 0.25) is 0 Å². The van der Waals surface area contributed by atoms with E-state index in [2.05, 4.69) is 6.58 Å². The fourth-order valence-electron chi connectivity index (χ4n) is 0.146. The molecule has 0 saturated heterocycles. The summed E-state index contributed by atoms with van der Waals surface area (Å²) in [7, 11) is -5.03. The van der Waals surface area contributed by atoms with Gasteiger partial charge in [0.25, 0.3) is 0 Å². The van der Waals surface area contributed by atoms with E-state index >= 15 is 0 Å². The van der Waals surface area contributed by atoms with Crippen LogP contribution in [0.3, 0.4) is 0 Å². The molecule has 0 rings (SSSR count). The number of hydrogen-bond donors (Lipinski definition) is 0. The molecule has 4 heteroatoms. The monoisotopic (exact) mass is 129 g/mol. The van der Waals surface area contributed by atoms with Crippen molar-refractivity contribution in [2.75, 3.05) is 6.16 Å². The lowest BCUT2D eigenvalue weighted by molar-refractivity contribution is 0.591. The van der Waals surface area contributed by atoms with Gasteiger partial charge in [-0.15, -0.1) is 0 Å². The molecule has 0 aromatic rings. The highest BCUT2D eigenvalue weighted by Gasteiger charge is 2.40. The van der Waals surface area contributed by atoms with E-state index in [1.165, 1.54) is 0 Å². The summed E-state index contributed by atoms with van der Waals surface area (Å²) in [5.41, 5.74) is 0. The summed E-state index contributed by atoms with van der Waals surface area (Å²) >= 11 is 0. The Labute approximate surface area is 40.7 Å². The highest BCUT2D eigenvalue weighted by atomic mass is 31.3. The Hall–Kier alpha value is -0.0400. The van der Waals surface area contributed by atoms with Crippen LogP contribution in [-0.2, 0) is 0 Å². The molecule has 0 heterocycles. The standard InChI is InChI=1S/C3H5F3P/c1-2-3-7(4,5)6/h2H,1,3H2/q+1. The van der Waals surface area contributed by atoms with Crippen LogP contribution in [0.15, 0.2) is 12.7 Å². The molecule has 0 aliphatic heterocycles. The Morgan fingerprint density at radius 3 is 1.86 bits per heavy atom. The third-order valence-corrected chi connectivity index (χ3v) is 1.01. The van der Waals surface area contributed by atoms with E-state index in [1.807, 2.05) is 0 Å². The quantitative estimate of drug-likeness (QED) is 0.397. The molecule has 0 aliphatic carbocycles. The highest BCUT2D eigenvalue weighted by Crippen LogP contribution is 2.64. The van der Waals surface area contributed by atoms with Gasteiger partial charge in [-0.05, 0) is 6.08 Å². The molecule has 0 radical (unpaired) electrons. The molecule has 0 aliphatic rings. The summed E-state index contributed by atoms with van der Waals surface area (Å²) in [5, 5.41) is 0. The first-order valence-corrected chi connectivity index (χ1v) is 3.29. The summed E-state index contributed by atoms with van der Waals surface area (Å²) in [6, 6.07) is 0. The Balaban J connectivity index is 3.34. The van der Waals surface area contributed by atoms with Crippen molar-refractivity contribution in [3.8, 4) is 0 Å². The minimum Gasteiger partial charge on any atom is -0.0992 e. The van der Waals surface area contributed by atoms with E-state index in [0.29, 0.717) is 0 Å². The Bertz CT molecular complexity index is 65.1. The summed E-state index contributed by atoms with van der Waals surface area (Å²) in [6.07, 6.45) is 0.0980. The zero-order valence-corrected chi connectivity index (χ0v) is 4.47. The molecule has 0 unspecified atom stereocenters. The maximum Gasteiger partial charge on any atom is 0.573 e. The maximum absolute atomic E-state index is 11.1. The fraction of sp³-hybridized carbons (Fsp3) is 0.333. The largest absolute Gasteiger partial charge is 0.573 e. The van der Waals surface area contributed by atoms with Crippen LogP contribution < -0.4 is 0 Å². The van der Waals surface area contributed by atoms with Gasteiger partial charge in [-0.25, -0.2) is 0 Å². The van der Waals surface area contributed by atoms with Gasteiger partial charge in [0.05, 0.1) is 0 Å². The van der Waals surface area contributed by atoms with Gasteiger partial charge in [0, 0.05) is 12.6 Å². The normalized spacial score (nSPS) is 11.3. The van der Waals surface area contributed by atoms with Gasteiger partial charge in [0.1, 0.15) is 0 Å². The van der Waals surface area contributed by atoms with E-state index in [9.17, 15) is 12.6 Å². The van der Waals surface area contributed by atoms with Gasteiger partial charge in [0.15, 0.2) is 6.16 Å². The van der Waals surface area contributed by atoms with Crippen LogP contribution in [0.5, 0.6) is 0 Å². The van der Waals surface area contributed by atoms with Gasteiger partial charge in [-0.1, -0.05) is 6.58 Å². The molecule has 7 heavy (non-hydrogen) atoms. The van der Waals surface area contributed by atoms with Gasteiger partial charge in [-0.2, -0.15) is 0 Å². The molecule has 0 fully saturated rings. The van der Waals surface area contributed by atoms with Gasteiger partial charge in [-0.3, -0.25) is 0 Å². The first-order chi connectivity index (χ1) is 3.06. The predicted octanol–water partition coefficient (Wildman–Crippen LogP) is 2.84. The molecular weight excluding hydrogens is 124 g/mol. The molecule has 0 N–H and O–H groups in total. The summed E-state index contributed by atoms with van der Waals surface area (Å²) in [4.78, 5) is 0. The van der Waals surface area contributed by atoms with Crippen molar-refractivity contribution in [2.45, 2.75) is 0 Å². The minimum atomic E-state index is -5.03. The first kappa shape index (κ1) is 6.96. The van der Waals surface area contributed by atoms with Crippen LogP contribution >= 0.6 is 8.19 Å². The summed E-state index contributed by atoms with van der Waals surface area (Å²) in [6.45, 7) is 2.95. The van der Waals surface area contributed by atoms with Crippen LogP contribution in [0.4, 0.5) is 12.6 Å². The lowest BCUT2D eigenvalue weighted by atomic mass is 10.8. The fourth-order valence-corrected chi connectivity index (χ4v) is 0.439. The third-order valence-electron chi connectivity index (χ3n) is 0.336. The van der Waals surface area contributed by atoms with E-state index in [0.717, 1.165) is 6.08 Å². The number of hydrogen-bond acceptors (Lipinski definition) is 0. The second kappa shape index (κ2) is 2.31. The number of rotatable bonds is 2. The van der Waals surface area contributed by atoms with E-state index < -0.39 is 14.4 Å². The molecule has 0 atom stereocenters. The van der Waals surface area contributed by atoms with Crippen LogP contribution in [0, 0.1) is 0 Å². The molecule has 42 valence electrons. The van der Waals surface area contributed by atoms with E-state index in [1.54, 1.807) is 0 Å². The van der Waals surface area contributed by atoms with E-state index in [4.69, 9.17) is 0 Å². The summed E-state index contributed by atoms with van der Waals surface area (Å²) < 4.78 is 33.3. The molecule has 0 aromatic carbocycles. The molecule has 0 saturated carbocycles. The Morgan fingerprint density at radius 1 is 1.43 bits per heavy atom. The van der Waals surface area contributed by atoms with E-state index in [-0.39, 0.29) is 0 Å². The summed E-state index contributed by atoms with van der Waals surface area (Å²) in [5.74, 6) is 0. The smallest absolute Gasteiger partial charge is 0.0992 e. The molecule has 0 nitrogen and oxygen atoms in total. The second-order valence-electron chi connectivity index (χ2n) is 1.02. The maximum atomic E-state index is 11.1. The molecule has 0 amide bonds. The highest BCUT2D eigenvalue weighted by molar-refractivity contribution is 7.60. The van der Waals surface area contributed by atoms with Crippen molar-refractivity contribution in [3.05, 3.63) is 12.7 Å². The molecular formula is C3H5F3P+. The van der Waals surface area contributed by atoms with Crippen molar-refractivity contribution in [1.82, 2.24) is 0 Å². The number of halogens is 3. The lowest BCUT2D eigenvalue weighted by Crippen LogP contribution is -1.70. The van der Waals surface area contributed by atoms with Gasteiger partial charge >= 0.3 is 8.19 Å². The Kier molecular flexibility index (Phi) is 2.30. The first-order valence-electron chi connectivity index (χ1n) is 1.64. The number of allylic oxidation sites excluding steroid dienone is 1. The van der Waals surface area contributed by atoms with Crippen molar-refractivity contribution >= 4 is 8.19 Å².